The summed E-state index contributed by atoms with van der Waals surface area (Å²) in [7, 11) is 0. The maximum absolute atomic E-state index is 11.5. The average Bonchev–Trinajstić information content (AvgIpc) is 2.90. The van der Waals surface area contributed by atoms with E-state index in [0.717, 1.165) is 31.9 Å². The van der Waals surface area contributed by atoms with Crippen molar-refractivity contribution in [2.24, 2.45) is 5.92 Å². The van der Waals surface area contributed by atoms with Crippen LogP contribution in [0.15, 0.2) is 0 Å². The molecule has 1 unspecified atom stereocenters. The molecule has 2 rings (SSSR count). The largest absolute Gasteiger partial charge is 0.379 e. The minimum atomic E-state index is 0.0356. The molecule has 2 aliphatic rings. The van der Waals surface area contributed by atoms with Crippen LogP contribution in [0.3, 0.4) is 0 Å². The van der Waals surface area contributed by atoms with Crippen LogP contribution in [0.5, 0.6) is 0 Å². The van der Waals surface area contributed by atoms with Gasteiger partial charge in [0.2, 0.25) is 5.91 Å². The first kappa shape index (κ1) is 10.9. The van der Waals surface area contributed by atoms with Crippen molar-refractivity contribution in [3.8, 4) is 0 Å². The Morgan fingerprint density at radius 3 is 2.93 bits per heavy atom. The monoisotopic (exact) mass is 212 g/mol. The smallest absolute Gasteiger partial charge is 0.237 e. The van der Waals surface area contributed by atoms with Gasteiger partial charge in [-0.2, -0.15) is 0 Å². The highest BCUT2D eigenvalue weighted by Gasteiger charge is 2.22. The molecule has 1 amide bonds. The van der Waals surface area contributed by atoms with E-state index in [1.165, 1.54) is 12.8 Å². The number of carbonyl (C=O) groups is 1. The number of nitrogens with one attached hydrogen (secondary N) is 2. The van der Waals surface area contributed by atoms with E-state index in [4.69, 9.17) is 4.74 Å². The first-order chi connectivity index (χ1) is 7.36. The highest BCUT2D eigenvalue weighted by molar-refractivity contribution is 5.81. The lowest BCUT2D eigenvalue weighted by molar-refractivity contribution is -0.123. The van der Waals surface area contributed by atoms with Crippen molar-refractivity contribution in [2.45, 2.75) is 31.7 Å². The normalized spacial score (nSPS) is 25.5. The molecule has 1 aliphatic heterocycles. The maximum Gasteiger partial charge on any atom is 0.237 e. The molecule has 4 heteroatoms. The van der Waals surface area contributed by atoms with E-state index in [-0.39, 0.29) is 11.9 Å². The molecule has 86 valence electrons. The second-order valence-corrected chi connectivity index (χ2v) is 4.46. The van der Waals surface area contributed by atoms with Crippen molar-refractivity contribution in [3.63, 3.8) is 0 Å². The van der Waals surface area contributed by atoms with Crippen LogP contribution in [-0.2, 0) is 9.53 Å². The zero-order chi connectivity index (χ0) is 10.5. The summed E-state index contributed by atoms with van der Waals surface area (Å²) in [5.41, 5.74) is 0. The van der Waals surface area contributed by atoms with Crippen LogP contribution in [0.1, 0.15) is 25.7 Å². The average molecular weight is 212 g/mol. The third-order valence-electron chi connectivity index (χ3n) is 2.97. The van der Waals surface area contributed by atoms with Gasteiger partial charge in [0.1, 0.15) is 0 Å². The highest BCUT2D eigenvalue weighted by Crippen LogP contribution is 2.28. The molecule has 0 aromatic rings. The van der Waals surface area contributed by atoms with Crippen molar-refractivity contribution in [3.05, 3.63) is 0 Å². The van der Waals surface area contributed by atoms with Gasteiger partial charge in [-0.05, 0) is 38.1 Å². The van der Waals surface area contributed by atoms with Crippen molar-refractivity contribution >= 4 is 5.91 Å². The summed E-state index contributed by atoms with van der Waals surface area (Å²) in [5.74, 6) is 0.930. The van der Waals surface area contributed by atoms with Crippen LogP contribution < -0.4 is 10.6 Å². The van der Waals surface area contributed by atoms with Crippen LogP contribution in [0.2, 0.25) is 0 Å². The Morgan fingerprint density at radius 2 is 2.27 bits per heavy atom. The molecule has 1 saturated heterocycles. The Hall–Kier alpha value is -0.610. The second-order valence-electron chi connectivity index (χ2n) is 4.46. The van der Waals surface area contributed by atoms with Gasteiger partial charge in [0.25, 0.3) is 0 Å². The quantitative estimate of drug-likeness (QED) is 0.622. The van der Waals surface area contributed by atoms with Crippen LogP contribution >= 0.6 is 0 Å². The second kappa shape index (κ2) is 5.47. The summed E-state index contributed by atoms with van der Waals surface area (Å²) in [6.07, 6.45) is 4.71. The zero-order valence-corrected chi connectivity index (χ0v) is 9.13. The summed E-state index contributed by atoms with van der Waals surface area (Å²) >= 11 is 0. The highest BCUT2D eigenvalue weighted by atomic mass is 16.5. The van der Waals surface area contributed by atoms with Gasteiger partial charge in [0.15, 0.2) is 0 Å². The molecule has 0 radical (unpaired) electrons. The Kier molecular flexibility index (Phi) is 3.97. The van der Waals surface area contributed by atoms with E-state index in [2.05, 4.69) is 10.6 Å². The molecular weight excluding hydrogens is 192 g/mol. The third-order valence-corrected chi connectivity index (χ3v) is 2.97. The fourth-order valence-electron chi connectivity index (χ4n) is 1.81. The van der Waals surface area contributed by atoms with Crippen LogP contribution in [-0.4, -0.2) is 38.3 Å². The molecule has 0 aromatic carbocycles. The minimum Gasteiger partial charge on any atom is -0.379 e. The van der Waals surface area contributed by atoms with Crippen LogP contribution in [0.25, 0.3) is 0 Å². The van der Waals surface area contributed by atoms with Crippen molar-refractivity contribution in [1.82, 2.24) is 10.6 Å². The van der Waals surface area contributed by atoms with E-state index in [1.807, 2.05) is 0 Å². The predicted octanol–water partition coefficient (Wildman–Crippen LogP) is 0.281. The topological polar surface area (TPSA) is 50.4 Å². The Morgan fingerprint density at radius 1 is 1.40 bits per heavy atom. The van der Waals surface area contributed by atoms with Gasteiger partial charge in [-0.25, -0.2) is 0 Å². The minimum absolute atomic E-state index is 0.0356. The zero-order valence-electron chi connectivity index (χ0n) is 9.13. The number of rotatable bonds is 6. The fraction of sp³-hybridized carbons (Fsp3) is 0.909. The van der Waals surface area contributed by atoms with Crippen LogP contribution in [0, 0.1) is 5.92 Å². The molecule has 4 nitrogen and oxygen atoms in total. The lowest BCUT2D eigenvalue weighted by Crippen LogP contribution is -2.41. The Balaban J connectivity index is 1.46. The van der Waals surface area contributed by atoms with E-state index in [0.29, 0.717) is 13.2 Å². The third kappa shape index (κ3) is 3.80. The predicted molar refractivity (Wildman–Crippen MR) is 57.6 cm³/mol. The number of hydrogen-bond donors (Lipinski definition) is 2. The number of hydrogen-bond acceptors (Lipinski definition) is 3. The van der Waals surface area contributed by atoms with Gasteiger partial charge in [0, 0.05) is 13.2 Å². The molecule has 2 N–H and O–H groups in total. The summed E-state index contributed by atoms with van der Waals surface area (Å²) in [5, 5.41) is 6.06. The molecule has 1 aliphatic carbocycles. The van der Waals surface area contributed by atoms with E-state index in [1.54, 1.807) is 0 Å². The van der Waals surface area contributed by atoms with Gasteiger partial charge >= 0.3 is 0 Å². The molecule has 2 fully saturated rings. The molecule has 0 spiro atoms. The molecule has 15 heavy (non-hydrogen) atoms. The maximum atomic E-state index is 11.5. The van der Waals surface area contributed by atoms with E-state index >= 15 is 0 Å². The summed E-state index contributed by atoms with van der Waals surface area (Å²) in [6, 6.07) is 0.0356. The van der Waals surface area contributed by atoms with Gasteiger partial charge in [-0.3, -0.25) is 4.79 Å². The molecular formula is C11H20N2O2. The van der Waals surface area contributed by atoms with Crippen molar-refractivity contribution < 1.29 is 9.53 Å². The van der Waals surface area contributed by atoms with Crippen molar-refractivity contribution in [1.29, 1.82) is 0 Å². The fourth-order valence-corrected chi connectivity index (χ4v) is 1.81. The standard InChI is InChI=1S/C11H20N2O2/c14-11(10-2-1-5-12-10)13-6-7-15-8-9-3-4-9/h9-10,12H,1-8H2,(H,13,14). The Labute approximate surface area is 90.8 Å². The first-order valence-corrected chi connectivity index (χ1v) is 5.95. The summed E-state index contributed by atoms with van der Waals surface area (Å²) in [4.78, 5) is 11.5. The number of carbonyl (C=O) groups excluding carboxylic acids is 1. The Bertz CT molecular complexity index is 211. The molecule has 0 bridgehead atoms. The van der Waals surface area contributed by atoms with E-state index in [9.17, 15) is 4.79 Å². The van der Waals surface area contributed by atoms with Gasteiger partial charge in [0.05, 0.1) is 12.6 Å². The summed E-state index contributed by atoms with van der Waals surface area (Å²) in [6.45, 7) is 3.13. The lowest BCUT2D eigenvalue weighted by atomic mass is 10.2. The van der Waals surface area contributed by atoms with E-state index < -0.39 is 0 Å². The molecule has 1 saturated carbocycles. The number of ether oxygens (including phenoxy) is 1. The van der Waals surface area contributed by atoms with Gasteiger partial charge in [-0.1, -0.05) is 0 Å². The molecule has 1 atom stereocenters. The lowest BCUT2D eigenvalue weighted by Gasteiger charge is -2.10. The molecule has 0 aromatic heterocycles. The summed E-state index contributed by atoms with van der Waals surface area (Å²) < 4.78 is 5.44. The van der Waals surface area contributed by atoms with Crippen molar-refractivity contribution in [2.75, 3.05) is 26.3 Å². The molecule has 1 heterocycles. The van der Waals surface area contributed by atoms with Gasteiger partial charge in [-0.15, -0.1) is 0 Å². The van der Waals surface area contributed by atoms with Gasteiger partial charge < -0.3 is 15.4 Å². The first-order valence-electron chi connectivity index (χ1n) is 5.95. The SMILES string of the molecule is O=C(NCCOCC1CC1)C1CCCN1. The number of amides is 1. The van der Waals surface area contributed by atoms with Crippen LogP contribution in [0.4, 0.5) is 0 Å².